The summed E-state index contributed by atoms with van der Waals surface area (Å²) in [5, 5.41) is 0. The number of allylic oxidation sites excluding steroid dienone is 1. The summed E-state index contributed by atoms with van der Waals surface area (Å²) in [5.41, 5.74) is 0.378. The molecule has 0 spiro atoms. The van der Waals surface area contributed by atoms with E-state index in [1.807, 2.05) is 0 Å². The van der Waals surface area contributed by atoms with Gasteiger partial charge in [0.2, 0.25) is 0 Å². The molecule has 0 aliphatic heterocycles. The molecule has 1 aliphatic rings. The molecule has 0 atom stereocenters. The normalized spacial score (nSPS) is 14.8. The zero-order valence-corrected chi connectivity index (χ0v) is 15.5. The molecule has 3 nitrogen and oxygen atoms in total. The third-order valence-electron chi connectivity index (χ3n) is 3.96. The van der Waals surface area contributed by atoms with Gasteiger partial charge in [-0.2, -0.15) is 13.2 Å². The van der Waals surface area contributed by atoms with Gasteiger partial charge in [-0.1, -0.05) is 22.0 Å². The molecular weight excluding hydrogens is 401 g/mol. The van der Waals surface area contributed by atoms with Crippen LogP contribution < -0.4 is 4.74 Å². The first-order valence-electron chi connectivity index (χ1n) is 8.16. The highest BCUT2D eigenvalue weighted by Gasteiger charge is 2.34. The fourth-order valence-corrected chi connectivity index (χ4v) is 3.28. The molecule has 138 valence electrons. The second-order valence-corrected chi connectivity index (χ2v) is 6.73. The van der Waals surface area contributed by atoms with Gasteiger partial charge in [0.25, 0.3) is 0 Å². The van der Waals surface area contributed by atoms with Gasteiger partial charge in [0.05, 0.1) is 12.2 Å². The summed E-state index contributed by atoms with van der Waals surface area (Å²) in [5.74, 6) is -0.333. The van der Waals surface area contributed by atoms with Gasteiger partial charge >= 0.3 is 12.1 Å². The van der Waals surface area contributed by atoms with E-state index in [4.69, 9.17) is 9.47 Å². The lowest BCUT2D eigenvalue weighted by atomic mass is 10.0. The Morgan fingerprint density at radius 3 is 2.64 bits per heavy atom. The first kappa shape index (κ1) is 19.8. The van der Waals surface area contributed by atoms with Crippen LogP contribution in [0.4, 0.5) is 13.2 Å². The molecule has 0 fully saturated rings. The van der Waals surface area contributed by atoms with Crippen molar-refractivity contribution < 1.29 is 27.4 Å². The zero-order chi connectivity index (χ0) is 18.4. The number of benzene rings is 1. The molecule has 7 heteroatoms. The van der Waals surface area contributed by atoms with Crippen molar-refractivity contribution in [3.05, 3.63) is 39.4 Å². The van der Waals surface area contributed by atoms with E-state index in [-0.39, 0.29) is 37.4 Å². The Bertz CT molecular complexity index is 653. The predicted octanol–water partition coefficient (Wildman–Crippen LogP) is 5.41. The zero-order valence-electron chi connectivity index (χ0n) is 13.9. The average molecular weight is 421 g/mol. The number of hydrogen-bond donors (Lipinski definition) is 0. The highest BCUT2D eigenvalue weighted by molar-refractivity contribution is 9.11. The van der Waals surface area contributed by atoms with Crippen molar-refractivity contribution in [3.8, 4) is 5.75 Å². The number of aryl methyl sites for hydroxylation is 1. The van der Waals surface area contributed by atoms with Crippen LogP contribution in [0.25, 0.3) is 0 Å². The molecular formula is C18H20BrF3O3. The Morgan fingerprint density at radius 1 is 1.28 bits per heavy atom. The standard InChI is InChI=1S/C18H20BrF3O3/c1-2-24-17(23)9-7-12-6-8-14(10-15(12)18(20,21)22)25-11-13-4-3-5-16(13)19/h6,8,10H,2-5,7,9,11H2,1H3. The number of rotatable bonds is 7. The smallest absolute Gasteiger partial charge is 0.416 e. The van der Waals surface area contributed by atoms with E-state index in [0.29, 0.717) is 0 Å². The largest absolute Gasteiger partial charge is 0.489 e. The van der Waals surface area contributed by atoms with Crippen LogP contribution in [0.5, 0.6) is 5.75 Å². The van der Waals surface area contributed by atoms with Gasteiger partial charge in [0.1, 0.15) is 12.4 Å². The topological polar surface area (TPSA) is 35.5 Å². The molecule has 25 heavy (non-hydrogen) atoms. The molecule has 0 heterocycles. The molecule has 0 amide bonds. The Balaban J connectivity index is 2.10. The summed E-state index contributed by atoms with van der Waals surface area (Å²) in [7, 11) is 0. The van der Waals surface area contributed by atoms with Crippen LogP contribution in [0.3, 0.4) is 0 Å². The lowest BCUT2D eigenvalue weighted by Gasteiger charge is -2.15. The number of hydrogen-bond acceptors (Lipinski definition) is 3. The third kappa shape index (κ3) is 5.76. The van der Waals surface area contributed by atoms with Crippen molar-refractivity contribution >= 4 is 21.9 Å². The summed E-state index contributed by atoms with van der Waals surface area (Å²) in [6, 6.07) is 3.89. The summed E-state index contributed by atoms with van der Waals surface area (Å²) >= 11 is 3.46. The number of carbonyl (C=O) groups is 1. The van der Waals surface area contributed by atoms with Crippen molar-refractivity contribution in [2.75, 3.05) is 13.2 Å². The van der Waals surface area contributed by atoms with Crippen molar-refractivity contribution in [3.63, 3.8) is 0 Å². The van der Waals surface area contributed by atoms with Crippen molar-refractivity contribution in [2.24, 2.45) is 0 Å². The Kier molecular flexibility index (Phi) is 6.93. The van der Waals surface area contributed by atoms with Gasteiger partial charge in [-0.15, -0.1) is 0 Å². The van der Waals surface area contributed by atoms with Crippen LogP contribution in [0.1, 0.15) is 43.7 Å². The van der Waals surface area contributed by atoms with Crippen LogP contribution in [0, 0.1) is 0 Å². The van der Waals surface area contributed by atoms with E-state index in [1.54, 1.807) is 6.92 Å². The number of esters is 1. The molecule has 0 aromatic heterocycles. The van der Waals surface area contributed by atoms with Crippen LogP contribution in [0.15, 0.2) is 28.3 Å². The second-order valence-electron chi connectivity index (χ2n) is 5.77. The van der Waals surface area contributed by atoms with E-state index in [1.165, 1.54) is 12.1 Å². The summed E-state index contributed by atoms with van der Waals surface area (Å²) in [4.78, 5) is 11.4. The molecule has 0 bridgehead atoms. The maximum Gasteiger partial charge on any atom is 0.416 e. The maximum atomic E-state index is 13.3. The highest BCUT2D eigenvalue weighted by atomic mass is 79.9. The number of halogens is 4. The molecule has 0 N–H and O–H groups in total. The SMILES string of the molecule is CCOC(=O)CCc1ccc(OCC2=C(Br)CCC2)cc1C(F)(F)F. The summed E-state index contributed by atoms with van der Waals surface area (Å²) in [6.45, 7) is 2.15. The Hall–Kier alpha value is -1.50. The van der Waals surface area contributed by atoms with Gasteiger partial charge in [-0.25, -0.2) is 0 Å². The summed E-state index contributed by atoms with van der Waals surface area (Å²) < 4.78 is 51.3. The molecule has 0 saturated heterocycles. The number of carbonyl (C=O) groups excluding carboxylic acids is 1. The predicted molar refractivity (Wildman–Crippen MR) is 91.7 cm³/mol. The van der Waals surface area contributed by atoms with Crippen molar-refractivity contribution in [1.82, 2.24) is 0 Å². The van der Waals surface area contributed by atoms with Gasteiger partial charge in [-0.3, -0.25) is 4.79 Å². The lowest BCUT2D eigenvalue weighted by Crippen LogP contribution is -2.12. The number of alkyl halides is 3. The van der Waals surface area contributed by atoms with E-state index in [2.05, 4.69) is 15.9 Å². The van der Waals surface area contributed by atoms with Gasteiger partial charge < -0.3 is 9.47 Å². The minimum Gasteiger partial charge on any atom is -0.489 e. The van der Waals surface area contributed by atoms with Gasteiger partial charge in [0.15, 0.2) is 0 Å². The van der Waals surface area contributed by atoms with E-state index in [9.17, 15) is 18.0 Å². The minimum atomic E-state index is -4.50. The fraction of sp³-hybridized carbons (Fsp3) is 0.500. The third-order valence-corrected chi connectivity index (χ3v) is 4.92. The van der Waals surface area contributed by atoms with Crippen LogP contribution in [0.2, 0.25) is 0 Å². The molecule has 1 aliphatic carbocycles. The maximum absolute atomic E-state index is 13.3. The molecule has 1 aromatic rings. The Morgan fingerprint density at radius 2 is 2.04 bits per heavy atom. The molecule has 2 rings (SSSR count). The molecule has 1 aromatic carbocycles. The van der Waals surface area contributed by atoms with E-state index in [0.717, 1.165) is 35.4 Å². The first-order chi connectivity index (χ1) is 11.8. The average Bonchev–Trinajstić information content (AvgIpc) is 2.96. The van der Waals surface area contributed by atoms with Crippen molar-refractivity contribution in [1.29, 1.82) is 0 Å². The monoisotopic (exact) mass is 420 g/mol. The molecule has 0 saturated carbocycles. The minimum absolute atomic E-state index is 0.0232. The number of ether oxygens (including phenoxy) is 2. The highest BCUT2D eigenvalue weighted by Crippen LogP contribution is 2.36. The van der Waals surface area contributed by atoms with Gasteiger partial charge in [0, 0.05) is 6.42 Å². The Labute approximate surface area is 153 Å². The van der Waals surface area contributed by atoms with Crippen molar-refractivity contribution in [2.45, 2.75) is 45.2 Å². The van der Waals surface area contributed by atoms with Crippen LogP contribution >= 0.6 is 15.9 Å². The lowest BCUT2D eigenvalue weighted by molar-refractivity contribution is -0.144. The van der Waals surface area contributed by atoms with Crippen LogP contribution in [-0.4, -0.2) is 19.2 Å². The quantitative estimate of drug-likeness (QED) is 0.553. The summed E-state index contributed by atoms with van der Waals surface area (Å²) in [6.07, 6.45) is -1.75. The van der Waals surface area contributed by atoms with E-state index >= 15 is 0 Å². The second kappa shape index (κ2) is 8.74. The van der Waals surface area contributed by atoms with E-state index < -0.39 is 17.7 Å². The molecule has 0 radical (unpaired) electrons. The van der Waals surface area contributed by atoms with Crippen LogP contribution in [-0.2, 0) is 22.1 Å². The first-order valence-corrected chi connectivity index (χ1v) is 8.95. The fourth-order valence-electron chi connectivity index (χ4n) is 2.69. The molecule has 0 unspecified atom stereocenters. The van der Waals surface area contributed by atoms with Gasteiger partial charge in [-0.05, 0) is 60.4 Å².